The van der Waals surface area contributed by atoms with E-state index in [1.54, 1.807) is 12.4 Å². The van der Waals surface area contributed by atoms with E-state index in [2.05, 4.69) is 32.3 Å². The van der Waals surface area contributed by atoms with Crippen molar-refractivity contribution in [2.24, 2.45) is 5.92 Å². The summed E-state index contributed by atoms with van der Waals surface area (Å²) in [6, 6.07) is 6.18. The van der Waals surface area contributed by atoms with E-state index in [1.807, 2.05) is 26.8 Å². The third-order valence-electron chi connectivity index (χ3n) is 4.73. The Balaban J connectivity index is 1.50. The fourth-order valence-corrected chi connectivity index (χ4v) is 3.41. The van der Waals surface area contributed by atoms with Crippen LogP contribution in [0.4, 0.5) is 5.69 Å². The quantitative estimate of drug-likeness (QED) is 0.931. The number of amides is 1. The van der Waals surface area contributed by atoms with Gasteiger partial charge in [-0.2, -0.15) is 0 Å². The van der Waals surface area contributed by atoms with Crippen molar-refractivity contribution < 1.29 is 4.79 Å². The van der Waals surface area contributed by atoms with E-state index < -0.39 is 0 Å². The van der Waals surface area contributed by atoms with Crippen LogP contribution in [0.2, 0.25) is 0 Å². The van der Waals surface area contributed by atoms with E-state index in [-0.39, 0.29) is 5.91 Å². The van der Waals surface area contributed by atoms with Crippen molar-refractivity contribution in [2.45, 2.75) is 33.6 Å². The van der Waals surface area contributed by atoms with Gasteiger partial charge in [-0.3, -0.25) is 14.8 Å². The number of pyridine rings is 2. The molecule has 0 radical (unpaired) electrons. The summed E-state index contributed by atoms with van der Waals surface area (Å²) in [5, 5.41) is 3.06. The molecule has 0 atom stereocenters. The highest BCUT2D eigenvalue weighted by molar-refractivity contribution is 5.93. The molecule has 25 heavy (non-hydrogen) atoms. The largest absolute Gasteiger partial charge is 0.371 e. The van der Waals surface area contributed by atoms with E-state index in [1.165, 1.54) is 5.69 Å². The maximum Gasteiger partial charge on any atom is 0.252 e. The highest BCUT2D eigenvalue weighted by Crippen LogP contribution is 2.24. The second kappa shape index (κ2) is 7.64. The zero-order valence-electron chi connectivity index (χ0n) is 15.2. The van der Waals surface area contributed by atoms with Crippen molar-refractivity contribution in [1.29, 1.82) is 0 Å². The number of aromatic nitrogens is 2. The summed E-state index contributed by atoms with van der Waals surface area (Å²) < 4.78 is 0. The SMILES string of the molecule is Cc1cncc(C(=O)NCC2CCN(c3cc(C)nc(C)c3)CC2)c1. The lowest BCUT2D eigenvalue weighted by atomic mass is 9.96. The zero-order chi connectivity index (χ0) is 17.8. The average molecular weight is 338 g/mol. The van der Waals surface area contributed by atoms with Gasteiger partial charge in [0.05, 0.1) is 5.56 Å². The molecular formula is C20H26N4O. The summed E-state index contributed by atoms with van der Waals surface area (Å²) in [6.07, 6.45) is 5.56. The van der Waals surface area contributed by atoms with Gasteiger partial charge < -0.3 is 10.2 Å². The fourth-order valence-electron chi connectivity index (χ4n) is 3.41. The molecule has 2 aromatic rings. The molecule has 0 aliphatic carbocycles. The Labute approximate surface area is 149 Å². The minimum atomic E-state index is -0.0287. The number of aryl methyl sites for hydroxylation is 3. The van der Waals surface area contributed by atoms with Crippen molar-refractivity contribution in [3.63, 3.8) is 0 Å². The van der Waals surface area contributed by atoms with Gasteiger partial charge in [0.1, 0.15) is 0 Å². The number of hydrogen-bond donors (Lipinski definition) is 1. The van der Waals surface area contributed by atoms with Crippen LogP contribution in [0.1, 0.15) is 40.2 Å². The number of rotatable bonds is 4. The van der Waals surface area contributed by atoms with Crippen LogP contribution in [0.3, 0.4) is 0 Å². The molecule has 3 rings (SSSR count). The van der Waals surface area contributed by atoms with Crippen molar-refractivity contribution in [3.05, 3.63) is 53.1 Å². The lowest BCUT2D eigenvalue weighted by Crippen LogP contribution is -2.38. The monoisotopic (exact) mass is 338 g/mol. The fraction of sp³-hybridized carbons (Fsp3) is 0.450. The first-order chi connectivity index (χ1) is 12.0. The molecule has 5 nitrogen and oxygen atoms in total. The van der Waals surface area contributed by atoms with Gasteiger partial charge in [-0.25, -0.2) is 0 Å². The van der Waals surface area contributed by atoms with Gasteiger partial charge in [-0.15, -0.1) is 0 Å². The number of carbonyl (C=O) groups is 1. The molecule has 0 spiro atoms. The lowest BCUT2D eigenvalue weighted by molar-refractivity contribution is 0.0944. The molecule has 1 saturated heterocycles. The molecule has 1 fully saturated rings. The topological polar surface area (TPSA) is 58.1 Å². The molecule has 1 aliphatic heterocycles. The van der Waals surface area contributed by atoms with Gasteiger partial charge in [-0.1, -0.05) is 0 Å². The Morgan fingerprint density at radius 1 is 1.12 bits per heavy atom. The summed E-state index contributed by atoms with van der Waals surface area (Å²) >= 11 is 0. The van der Waals surface area contributed by atoms with Gasteiger partial charge in [0.25, 0.3) is 5.91 Å². The molecule has 5 heteroatoms. The number of anilines is 1. The summed E-state index contributed by atoms with van der Waals surface area (Å²) in [6.45, 7) is 8.81. The average Bonchev–Trinajstić information content (AvgIpc) is 2.59. The molecule has 1 N–H and O–H groups in total. The number of hydrogen-bond acceptors (Lipinski definition) is 4. The van der Waals surface area contributed by atoms with Crippen molar-refractivity contribution in [3.8, 4) is 0 Å². The van der Waals surface area contributed by atoms with E-state index in [9.17, 15) is 4.79 Å². The Kier molecular flexibility index (Phi) is 5.31. The number of carbonyl (C=O) groups excluding carboxylic acids is 1. The van der Waals surface area contributed by atoms with Crippen molar-refractivity contribution >= 4 is 11.6 Å². The first-order valence-electron chi connectivity index (χ1n) is 8.91. The van der Waals surface area contributed by atoms with Crippen LogP contribution in [0.25, 0.3) is 0 Å². The highest BCUT2D eigenvalue weighted by atomic mass is 16.1. The van der Waals surface area contributed by atoms with Crippen LogP contribution in [-0.2, 0) is 0 Å². The van der Waals surface area contributed by atoms with Gasteiger partial charge in [0, 0.05) is 49.1 Å². The molecule has 0 saturated carbocycles. The molecule has 132 valence electrons. The standard InChI is InChI=1S/C20H26N4O/c1-14-8-18(13-21-11-14)20(25)22-12-17-4-6-24(7-5-17)19-9-15(2)23-16(3)10-19/h8-11,13,17H,4-7,12H2,1-3H3,(H,22,25). The third kappa shape index (κ3) is 4.56. The maximum absolute atomic E-state index is 12.2. The van der Waals surface area contributed by atoms with Crippen molar-refractivity contribution in [1.82, 2.24) is 15.3 Å². The van der Waals surface area contributed by atoms with Crippen molar-refractivity contribution in [2.75, 3.05) is 24.5 Å². The van der Waals surface area contributed by atoms with Gasteiger partial charge in [0.2, 0.25) is 0 Å². The second-order valence-corrected chi connectivity index (χ2v) is 7.00. The Hall–Kier alpha value is -2.43. The Bertz CT molecular complexity index is 731. The van der Waals surface area contributed by atoms with E-state index in [0.29, 0.717) is 11.5 Å². The molecule has 1 aliphatic rings. The summed E-state index contributed by atoms with van der Waals surface area (Å²) in [4.78, 5) is 23.2. The van der Waals surface area contributed by atoms with Gasteiger partial charge >= 0.3 is 0 Å². The van der Waals surface area contributed by atoms with Crippen LogP contribution in [0.15, 0.2) is 30.6 Å². The minimum Gasteiger partial charge on any atom is -0.371 e. The summed E-state index contributed by atoms with van der Waals surface area (Å²) in [5.74, 6) is 0.501. The van der Waals surface area contributed by atoms with E-state index in [0.717, 1.165) is 49.4 Å². The second-order valence-electron chi connectivity index (χ2n) is 7.00. The normalized spacial score (nSPS) is 15.2. The highest BCUT2D eigenvalue weighted by Gasteiger charge is 2.20. The maximum atomic E-state index is 12.2. The molecular weight excluding hydrogens is 312 g/mol. The Morgan fingerprint density at radius 3 is 2.44 bits per heavy atom. The van der Waals surface area contributed by atoms with Gasteiger partial charge in [0.15, 0.2) is 0 Å². The predicted molar refractivity (Wildman–Crippen MR) is 100.0 cm³/mol. The molecule has 0 aromatic carbocycles. The smallest absolute Gasteiger partial charge is 0.252 e. The molecule has 2 aromatic heterocycles. The number of nitrogens with zero attached hydrogens (tertiary/aromatic N) is 3. The summed E-state index contributed by atoms with van der Waals surface area (Å²) in [7, 11) is 0. The molecule has 0 bridgehead atoms. The number of nitrogens with one attached hydrogen (secondary N) is 1. The molecule has 1 amide bonds. The van der Waals surface area contributed by atoms with Crippen LogP contribution >= 0.6 is 0 Å². The number of piperidine rings is 1. The predicted octanol–water partition coefficient (Wildman–Crippen LogP) is 3.05. The first-order valence-corrected chi connectivity index (χ1v) is 8.91. The van der Waals surface area contributed by atoms with Crippen LogP contribution in [0.5, 0.6) is 0 Å². The van der Waals surface area contributed by atoms with Crippen LogP contribution in [0, 0.1) is 26.7 Å². The van der Waals surface area contributed by atoms with Gasteiger partial charge in [-0.05, 0) is 63.3 Å². The Morgan fingerprint density at radius 2 is 1.80 bits per heavy atom. The van der Waals surface area contributed by atoms with E-state index >= 15 is 0 Å². The first kappa shape index (κ1) is 17.4. The van der Waals surface area contributed by atoms with Crippen LogP contribution in [-0.4, -0.2) is 35.5 Å². The molecule has 3 heterocycles. The van der Waals surface area contributed by atoms with E-state index in [4.69, 9.17) is 0 Å². The zero-order valence-corrected chi connectivity index (χ0v) is 15.2. The van der Waals surface area contributed by atoms with Crippen LogP contribution < -0.4 is 10.2 Å². The minimum absolute atomic E-state index is 0.0287. The summed E-state index contributed by atoms with van der Waals surface area (Å²) in [5.41, 5.74) is 5.04. The molecule has 0 unspecified atom stereocenters. The lowest BCUT2D eigenvalue weighted by Gasteiger charge is -2.34. The third-order valence-corrected chi connectivity index (χ3v) is 4.73.